The van der Waals surface area contributed by atoms with E-state index in [2.05, 4.69) is 20.8 Å². The highest BCUT2D eigenvalue weighted by Crippen LogP contribution is 2.28. The molecule has 0 saturated carbocycles. The highest BCUT2D eigenvalue weighted by Gasteiger charge is 2.06. The van der Waals surface area contributed by atoms with Crippen LogP contribution in [-0.4, -0.2) is 15.6 Å². The number of nitrogens with one attached hydrogen (secondary N) is 2. The first-order valence-electron chi connectivity index (χ1n) is 7.52. The maximum absolute atomic E-state index is 6.01. The highest BCUT2D eigenvalue weighted by molar-refractivity contribution is 8.23. The molecule has 25 heavy (non-hydrogen) atoms. The van der Waals surface area contributed by atoms with Gasteiger partial charge in [0.05, 0.1) is 12.1 Å². The number of nitrogens with zero attached hydrogens (tertiary/aromatic N) is 2. The fourth-order valence-electron chi connectivity index (χ4n) is 2.18. The monoisotopic (exact) mass is 386 g/mol. The molecule has 3 rings (SSSR count). The van der Waals surface area contributed by atoms with E-state index in [-0.39, 0.29) is 0 Å². The summed E-state index contributed by atoms with van der Waals surface area (Å²) in [5.41, 5.74) is 7.83. The number of halogens is 1. The van der Waals surface area contributed by atoms with E-state index >= 15 is 0 Å². The molecular weight excluding hydrogens is 372 g/mol. The molecule has 0 aliphatic carbocycles. The Morgan fingerprint density at radius 3 is 2.88 bits per heavy atom. The second-order valence-corrected chi connectivity index (χ2v) is 7.24. The van der Waals surface area contributed by atoms with Crippen LogP contribution in [0.5, 0.6) is 0 Å². The van der Waals surface area contributed by atoms with Crippen LogP contribution in [0.1, 0.15) is 5.56 Å². The van der Waals surface area contributed by atoms with Gasteiger partial charge in [-0.1, -0.05) is 72.0 Å². The molecule has 0 radical (unpaired) electrons. The van der Waals surface area contributed by atoms with Crippen LogP contribution in [0.3, 0.4) is 0 Å². The molecule has 1 heterocycles. The summed E-state index contributed by atoms with van der Waals surface area (Å²) < 4.78 is 0.591. The number of thiocarbonyl (C=S) groups is 1. The van der Waals surface area contributed by atoms with Gasteiger partial charge in [0.2, 0.25) is 0 Å². The summed E-state index contributed by atoms with van der Waals surface area (Å²) in [7, 11) is 0. The zero-order valence-electron chi connectivity index (χ0n) is 13.1. The van der Waals surface area contributed by atoms with E-state index in [1.165, 1.54) is 11.8 Å². The lowest BCUT2D eigenvalue weighted by Crippen LogP contribution is -2.33. The van der Waals surface area contributed by atoms with Gasteiger partial charge in [-0.2, -0.15) is 0 Å². The number of benzene rings is 2. The van der Waals surface area contributed by atoms with Crippen molar-refractivity contribution in [2.45, 2.75) is 11.4 Å². The summed E-state index contributed by atoms with van der Waals surface area (Å²) in [5.74, 6) is 0. The molecule has 0 aliphatic rings. The molecule has 2 N–H and O–H groups in total. The van der Waals surface area contributed by atoms with Crippen LogP contribution in [0.15, 0.2) is 70.7 Å². The van der Waals surface area contributed by atoms with Crippen LogP contribution in [0, 0.1) is 0 Å². The normalized spacial score (nSPS) is 10.9. The number of rotatable bonds is 5. The molecule has 126 valence electrons. The molecule has 0 aliphatic heterocycles. The van der Waals surface area contributed by atoms with Gasteiger partial charge in [0.15, 0.2) is 4.32 Å². The minimum Gasteiger partial charge on any atom is -0.290 e. The van der Waals surface area contributed by atoms with Crippen molar-refractivity contribution < 1.29 is 0 Å². The number of hydrogen-bond acceptors (Lipinski definition) is 4. The second-order valence-electron chi connectivity index (χ2n) is 5.08. The van der Waals surface area contributed by atoms with E-state index in [9.17, 15) is 0 Å². The fourth-order valence-corrected chi connectivity index (χ4v) is 3.40. The van der Waals surface area contributed by atoms with Gasteiger partial charge in [0.1, 0.15) is 6.34 Å². The Morgan fingerprint density at radius 1 is 1.20 bits per heavy atom. The lowest BCUT2D eigenvalue weighted by molar-refractivity contribution is 0.893. The van der Waals surface area contributed by atoms with Crippen molar-refractivity contribution in [1.82, 2.24) is 15.8 Å². The lowest BCUT2D eigenvalue weighted by atomic mass is 10.2. The second kappa shape index (κ2) is 8.80. The van der Waals surface area contributed by atoms with E-state index in [0.29, 0.717) is 15.9 Å². The predicted molar refractivity (Wildman–Crippen MR) is 110 cm³/mol. The van der Waals surface area contributed by atoms with Crippen LogP contribution < -0.4 is 10.9 Å². The predicted octanol–water partition coefficient (Wildman–Crippen LogP) is 4.59. The van der Waals surface area contributed by atoms with Crippen LogP contribution >= 0.6 is 35.6 Å². The third kappa shape index (κ3) is 5.16. The average Bonchev–Trinajstić information content (AvgIpc) is 2.62. The van der Waals surface area contributed by atoms with E-state index in [0.717, 1.165) is 21.4 Å². The zero-order valence-corrected chi connectivity index (χ0v) is 15.5. The summed E-state index contributed by atoms with van der Waals surface area (Å²) in [6.45, 7) is 0.616. The average molecular weight is 387 g/mol. The lowest BCUT2D eigenvalue weighted by Gasteiger charge is -2.08. The number of fused-ring (bicyclic) bond motifs is 1. The molecule has 0 amide bonds. The van der Waals surface area contributed by atoms with Gasteiger partial charge in [0.25, 0.3) is 0 Å². The van der Waals surface area contributed by atoms with Crippen molar-refractivity contribution in [1.29, 1.82) is 0 Å². The zero-order chi connectivity index (χ0) is 17.5. The van der Waals surface area contributed by atoms with Gasteiger partial charge in [-0.05, 0) is 23.8 Å². The molecule has 0 saturated heterocycles. The summed E-state index contributed by atoms with van der Waals surface area (Å²) in [5, 5.41) is 1.68. The van der Waals surface area contributed by atoms with Gasteiger partial charge in [0, 0.05) is 21.5 Å². The number of aromatic nitrogens is 1. The van der Waals surface area contributed by atoms with Gasteiger partial charge in [-0.15, -0.1) is 0 Å². The van der Waals surface area contributed by atoms with Crippen molar-refractivity contribution in [3.05, 3.63) is 71.4 Å². The maximum atomic E-state index is 6.01. The third-order valence-corrected chi connectivity index (χ3v) is 4.76. The number of thioether (sulfide) groups is 1. The van der Waals surface area contributed by atoms with E-state index in [1.54, 1.807) is 12.5 Å². The summed E-state index contributed by atoms with van der Waals surface area (Å²) in [6.07, 6.45) is 3.35. The molecule has 4 nitrogen and oxygen atoms in total. The Labute approximate surface area is 160 Å². The molecule has 2 aromatic carbocycles. The minimum absolute atomic E-state index is 0.591. The quantitative estimate of drug-likeness (QED) is 0.221. The van der Waals surface area contributed by atoms with Gasteiger partial charge in [-0.3, -0.25) is 20.8 Å². The van der Waals surface area contributed by atoms with Crippen LogP contribution in [0.4, 0.5) is 0 Å². The van der Waals surface area contributed by atoms with Crippen molar-refractivity contribution in [2.75, 3.05) is 0 Å². The molecule has 0 bridgehead atoms. The summed E-state index contributed by atoms with van der Waals surface area (Å²) in [6, 6.07) is 17.6. The van der Waals surface area contributed by atoms with E-state index in [1.807, 2.05) is 54.6 Å². The van der Waals surface area contributed by atoms with Crippen LogP contribution in [0.25, 0.3) is 10.9 Å². The van der Waals surface area contributed by atoms with Crippen LogP contribution in [-0.2, 0) is 6.54 Å². The smallest absolute Gasteiger partial charge is 0.157 e. The minimum atomic E-state index is 0.591. The fraction of sp³-hybridized carbons (Fsp3) is 0.0556. The number of hydrazine groups is 1. The molecular formula is C18H15ClN4S2. The van der Waals surface area contributed by atoms with Crippen molar-refractivity contribution in [3.8, 4) is 0 Å². The molecule has 3 aromatic rings. The Bertz CT molecular complexity index is 900. The first-order valence-corrected chi connectivity index (χ1v) is 9.12. The van der Waals surface area contributed by atoms with Crippen molar-refractivity contribution in [3.63, 3.8) is 0 Å². The van der Waals surface area contributed by atoms with Gasteiger partial charge < -0.3 is 0 Å². The number of pyridine rings is 1. The summed E-state index contributed by atoms with van der Waals surface area (Å²) in [4.78, 5) is 9.63. The van der Waals surface area contributed by atoms with Gasteiger partial charge >= 0.3 is 0 Å². The Morgan fingerprint density at radius 2 is 2.04 bits per heavy atom. The molecule has 0 spiro atoms. The number of hydrogen-bond donors (Lipinski definition) is 2. The summed E-state index contributed by atoms with van der Waals surface area (Å²) >= 11 is 12.8. The Hall–Kier alpha value is -2.15. The molecule has 0 fully saturated rings. The number of aliphatic imine (C=N–C) groups is 1. The molecule has 7 heteroatoms. The molecule has 0 unspecified atom stereocenters. The van der Waals surface area contributed by atoms with Crippen molar-refractivity contribution >= 4 is 57.1 Å². The third-order valence-electron chi connectivity index (χ3n) is 3.31. The molecule has 1 aromatic heterocycles. The topological polar surface area (TPSA) is 49.3 Å². The first kappa shape index (κ1) is 17.7. The Balaban J connectivity index is 1.53. The molecule has 0 atom stereocenters. The van der Waals surface area contributed by atoms with E-state index < -0.39 is 0 Å². The maximum Gasteiger partial charge on any atom is 0.157 e. The van der Waals surface area contributed by atoms with Gasteiger partial charge in [-0.25, -0.2) is 0 Å². The Kier molecular flexibility index (Phi) is 6.22. The first-order chi connectivity index (χ1) is 12.2. The van der Waals surface area contributed by atoms with Crippen LogP contribution in [0.2, 0.25) is 5.02 Å². The SMILES string of the molecule is S=C(NNC=NCc1ccccc1)Sc1ccnc2cc(Cl)ccc12. The van der Waals surface area contributed by atoms with Crippen molar-refractivity contribution in [2.24, 2.45) is 4.99 Å². The standard InChI is InChI=1S/C18H15ClN4S2/c19-14-6-7-15-16(10-14)21-9-8-17(15)25-18(24)23-22-12-20-11-13-4-2-1-3-5-13/h1-10,12H,11H2,(H,20,22)(H,23,24). The largest absolute Gasteiger partial charge is 0.290 e. The highest BCUT2D eigenvalue weighted by atomic mass is 35.5. The van der Waals surface area contributed by atoms with E-state index in [4.69, 9.17) is 23.8 Å².